The van der Waals surface area contributed by atoms with Gasteiger partial charge in [-0.3, -0.25) is 9.36 Å². The summed E-state index contributed by atoms with van der Waals surface area (Å²) in [5.41, 5.74) is 2.99. The molecule has 4 rings (SSSR count). The van der Waals surface area contributed by atoms with Crippen LogP contribution in [0.3, 0.4) is 0 Å². The Morgan fingerprint density at radius 3 is 2.56 bits per heavy atom. The molecule has 2 aromatic carbocycles. The highest BCUT2D eigenvalue weighted by Gasteiger charge is 2.35. The number of hydrogen-bond acceptors (Lipinski definition) is 6. The van der Waals surface area contributed by atoms with E-state index in [4.69, 9.17) is 0 Å². The Bertz CT molecular complexity index is 1260. The number of carbonyl (C=O) groups is 1. The average Bonchev–Trinajstić information content (AvgIpc) is 3.39. The van der Waals surface area contributed by atoms with Crippen LogP contribution in [-0.2, 0) is 14.6 Å². The van der Waals surface area contributed by atoms with Crippen LogP contribution in [0.25, 0.3) is 17.1 Å². The normalized spacial score (nSPS) is 17.2. The van der Waals surface area contributed by atoms with Crippen LogP contribution in [0, 0.1) is 12.8 Å². The Balaban J connectivity index is 1.60. The summed E-state index contributed by atoms with van der Waals surface area (Å²) in [5, 5.41) is 9.50. The number of carbonyl (C=O) groups excluding carboxylic acids is 1. The van der Waals surface area contributed by atoms with E-state index < -0.39 is 9.84 Å². The number of nitrogens with zero attached hydrogens (tertiary/aromatic N) is 4. The number of aryl methyl sites for hydroxylation is 1. The van der Waals surface area contributed by atoms with Crippen LogP contribution in [0.4, 0.5) is 0 Å². The summed E-state index contributed by atoms with van der Waals surface area (Å²) in [7, 11) is -3.08. The first-order valence-electron chi connectivity index (χ1n) is 11.4. The van der Waals surface area contributed by atoms with Gasteiger partial charge < -0.3 is 4.90 Å². The van der Waals surface area contributed by atoms with Crippen LogP contribution in [0.15, 0.2) is 59.8 Å². The fourth-order valence-electron chi connectivity index (χ4n) is 4.22. The van der Waals surface area contributed by atoms with Crippen LogP contribution in [0.5, 0.6) is 0 Å². The Morgan fingerprint density at radius 2 is 1.91 bits per heavy atom. The molecular weight excluding hydrogens is 468 g/mol. The first kappa shape index (κ1) is 24.5. The van der Waals surface area contributed by atoms with Crippen molar-refractivity contribution in [3.05, 3.63) is 60.2 Å². The van der Waals surface area contributed by atoms with E-state index in [0.29, 0.717) is 23.9 Å². The second kappa shape index (κ2) is 10.3. The van der Waals surface area contributed by atoms with Gasteiger partial charge in [-0.1, -0.05) is 67.6 Å². The molecule has 0 N–H and O–H groups in total. The quantitative estimate of drug-likeness (QED) is 0.437. The van der Waals surface area contributed by atoms with E-state index in [0.717, 1.165) is 16.8 Å². The largest absolute Gasteiger partial charge is 0.338 e. The Morgan fingerprint density at radius 1 is 1.15 bits per heavy atom. The number of para-hydroxylation sites is 1. The highest BCUT2D eigenvalue weighted by molar-refractivity contribution is 7.99. The number of amides is 1. The molecule has 34 heavy (non-hydrogen) atoms. The van der Waals surface area contributed by atoms with Crippen molar-refractivity contribution >= 4 is 27.5 Å². The van der Waals surface area contributed by atoms with Gasteiger partial charge in [0.15, 0.2) is 20.8 Å². The van der Waals surface area contributed by atoms with Gasteiger partial charge in [0.1, 0.15) is 0 Å². The second-order valence-electron chi connectivity index (χ2n) is 9.13. The molecule has 180 valence electrons. The molecule has 1 fully saturated rings. The topological polar surface area (TPSA) is 85.2 Å². The highest BCUT2D eigenvalue weighted by Crippen LogP contribution is 2.29. The number of benzene rings is 2. The maximum atomic E-state index is 13.3. The Kier molecular flexibility index (Phi) is 7.42. The Labute approximate surface area is 205 Å². The molecular formula is C25H30N4O3S2. The minimum Gasteiger partial charge on any atom is -0.338 e. The number of hydrogen-bond donors (Lipinski definition) is 0. The standard InChI is InChI=1S/C25H30N4O3S2/c1-18(2)15-28(22-12-13-34(31,32)17-22)23(30)16-33-25-27-26-24(20-9-7-8-19(3)14-20)29(25)21-10-5-4-6-11-21/h4-11,14,18,22H,12-13,15-17H2,1-3H3/t22-/m0/s1. The van der Waals surface area contributed by atoms with E-state index in [-0.39, 0.29) is 35.1 Å². The smallest absolute Gasteiger partial charge is 0.233 e. The second-order valence-corrected chi connectivity index (χ2v) is 12.3. The first-order chi connectivity index (χ1) is 16.2. The van der Waals surface area contributed by atoms with Crippen molar-refractivity contribution in [2.75, 3.05) is 23.8 Å². The molecule has 1 amide bonds. The van der Waals surface area contributed by atoms with E-state index in [9.17, 15) is 13.2 Å². The van der Waals surface area contributed by atoms with E-state index in [1.165, 1.54) is 11.8 Å². The SMILES string of the molecule is Cc1cccc(-c2nnc(SCC(=O)N(CC(C)C)[C@H]3CCS(=O)(=O)C3)n2-c2ccccc2)c1. The third-order valence-corrected chi connectivity index (χ3v) is 8.44. The molecule has 0 unspecified atom stereocenters. The zero-order chi connectivity index (χ0) is 24.3. The van der Waals surface area contributed by atoms with Crippen molar-refractivity contribution in [1.29, 1.82) is 0 Å². The lowest BCUT2D eigenvalue weighted by Gasteiger charge is -2.29. The average molecular weight is 499 g/mol. The predicted octanol–water partition coefficient (Wildman–Crippen LogP) is 4.01. The molecule has 7 nitrogen and oxygen atoms in total. The highest BCUT2D eigenvalue weighted by atomic mass is 32.2. The van der Waals surface area contributed by atoms with Crippen molar-refractivity contribution in [1.82, 2.24) is 19.7 Å². The first-order valence-corrected chi connectivity index (χ1v) is 14.2. The zero-order valence-corrected chi connectivity index (χ0v) is 21.3. The zero-order valence-electron chi connectivity index (χ0n) is 19.7. The molecule has 0 bridgehead atoms. The van der Waals surface area contributed by atoms with Crippen molar-refractivity contribution < 1.29 is 13.2 Å². The van der Waals surface area contributed by atoms with E-state index >= 15 is 0 Å². The van der Waals surface area contributed by atoms with Gasteiger partial charge in [-0.15, -0.1) is 10.2 Å². The van der Waals surface area contributed by atoms with Gasteiger partial charge in [0, 0.05) is 23.8 Å². The molecule has 1 aromatic heterocycles. The van der Waals surface area contributed by atoms with Crippen LogP contribution < -0.4 is 0 Å². The summed E-state index contributed by atoms with van der Waals surface area (Å²) < 4.78 is 26.0. The summed E-state index contributed by atoms with van der Waals surface area (Å²) in [5.74, 6) is 1.26. The van der Waals surface area contributed by atoms with Crippen molar-refractivity contribution in [3.63, 3.8) is 0 Å². The molecule has 1 saturated heterocycles. The molecule has 0 radical (unpaired) electrons. The van der Waals surface area contributed by atoms with E-state index in [2.05, 4.69) is 16.3 Å². The van der Waals surface area contributed by atoms with Crippen molar-refractivity contribution in [2.45, 2.75) is 38.4 Å². The van der Waals surface area contributed by atoms with E-state index in [1.807, 2.05) is 73.9 Å². The van der Waals surface area contributed by atoms with Crippen molar-refractivity contribution in [3.8, 4) is 17.1 Å². The predicted molar refractivity (Wildman–Crippen MR) is 136 cm³/mol. The summed E-state index contributed by atoms with van der Waals surface area (Å²) in [6.45, 7) is 6.65. The summed E-state index contributed by atoms with van der Waals surface area (Å²) in [6, 6.07) is 17.7. The molecule has 9 heteroatoms. The fraction of sp³-hybridized carbons (Fsp3) is 0.400. The fourth-order valence-corrected chi connectivity index (χ4v) is 6.79. The number of rotatable bonds is 8. The van der Waals surface area contributed by atoms with Crippen LogP contribution >= 0.6 is 11.8 Å². The summed E-state index contributed by atoms with van der Waals surface area (Å²) in [6.07, 6.45) is 0.503. The molecule has 1 aliphatic rings. The minimum absolute atomic E-state index is 0.0494. The molecule has 0 saturated carbocycles. The van der Waals surface area contributed by atoms with Gasteiger partial charge in [-0.25, -0.2) is 8.42 Å². The van der Waals surface area contributed by atoms with E-state index in [1.54, 1.807) is 4.90 Å². The molecule has 1 atom stereocenters. The molecule has 2 heterocycles. The molecule has 1 aliphatic heterocycles. The summed E-state index contributed by atoms with van der Waals surface area (Å²) in [4.78, 5) is 15.0. The van der Waals surface area contributed by atoms with Crippen LogP contribution in [0.2, 0.25) is 0 Å². The molecule has 3 aromatic rings. The third kappa shape index (κ3) is 5.70. The van der Waals surface area contributed by atoms with Gasteiger partial charge in [-0.2, -0.15) is 0 Å². The van der Waals surface area contributed by atoms with Crippen LogP contribution in [-0.4, -0.2) is 63.8 Å². The monoisotopic (exact) mass is 498 g/mol. The molecule has 0 aliphatic carbocycles. The maximum absolute atomic E-state index is 13.3. The van der Waals surface area contributed by atoms with Crippen molar-refractivity contribution in [2.24, 2.45) is 5.92 Å². The van der Waals surface area contributed by atoms with Gasteiger partial charge in [0.2, 0.25) is 5.91 Å². The lowest BCUT2D eigenvalue weighted by Crippen LogP contribution is -2.44. The maximum Gasteiger partial charge on any atom is 0.233 e. The lowest BCUT2D eigenvalue weighted by atomic mass is 10.1. The Hall–Kier alpha value is -2.65. The number of aromatic nitrogens is 3. The molecule has 0 spiro atoms. The van der Waals surface area contributed by atoms with Gasteiger partial charge in [-0.05, 0) is 37.5 Å². The minimum atomic E-state index is -3.08. The third-order valence-electron chi connectivity index (χ3n) is 5.78. The summed E-state index contributed by atoms with van der Waals surface area (Å²) >= 11 is 1.33. The van der Waals surface area contributed by atoms with Gasteiger partial charge >= 0.3 is 0 Å². The number of sulfone groups is 1. The number of thioether (sulfide) groups is 1. The van der Waals surface area contributed by atoms with Crippen LogP contribution in [0.1, 0.15) is 25.8 Å². The lowest BCUT2D eigenvalue weighted by molar-refractivity contribution is -0.130. The van der Waals surface area contributed by atoms with Gasteiger partial charge in [0.25, 0.3) is 0 Å². The van der Waals surface area contributed by atoms with Gasteiger partial charge in [0.05, 0.1) is 17.3 Å².